The van der Waals surface area contributed by atoms with Crippen LogP contribution in [0.3, 0.4) is 0 Å². The van der Waals surface area contributed by atoms with Gasteiger partial charge in [0, 0.05) is 23.0 Å². The monoisotopic (exact) mass is 345 g/mol. The summed E-state index contributed by atoms with van der Waals surface area (Å²) in [5.74, 6) is -0.810. The molecule has 0 bridgehead atoms. The molecule has 0 fully saturated rings. The predicted octanol–water partition coefficient (Wildman–Crippen LogP) is 3.79. The number of carbonyl (C=O) groups is 1. The molecule has 0 heterocycles. The molecular formula is C17H16BrNO2. The number of carboxylic acids is 1. The van der Waals surface area contributed by atoms with Crippen molar-refractivity contribution in [3.05, 3.63) is 63.6 Å². The third kappa shape index (κ3) is 2.56. The largest absolute Gasteiger partial charge is 0.479 e. The van der Waals surface area contributed by atoms with E-state index in [1.165, 1.54) is 0 Å². The minimum Gasteiger partial charge on any atom is -0.479 e. The molecular weight excluding hydrogens is 330 g/mol. The molecule has 0 aromatic heterocycles. The SMILES string of the molecule is Cc1ccc(NC2(C(=O)O)Cc3ccccc3C2)cc1Br. The Labute approximate surface area is 132 Å². The van der Waals surface area contributed by atoms with E-state index >= 15 is 0 Å². The summed E-state index contributed by atoms with van der Waals surface area (Å²) in [6, 6.07) is 13.8. The van der Waals surface area contributed by atoms with E-state index in [4.69, 9.17) is 0 Å². The zero-order chi connectivity index (χ0) is 15.0. The lowest BCUT2D eigenvalue weighted by molar-refractivity contribution is -0.142. The molecule has 1 aliphatic carbocycles. The Morgan fingerprint density at radius 1 is 1.19 bits per heavy atom. The summed E-state index contributed by atoms with van der Waals surface area (Å²) in [5.41, 5.74) is 3.21. The Morgan fingerprint density at radius 2 is 1.81 bits per heavy atom. The van der Waals surface area contributed by atoms with Crippen LogP contribution >= 0.6 is 15.9 Å². The van der Waals surface area contributed by atoms with E-state index in [0.29, 0.717) is 12.8 Å². The van der Waals surface area contributed by atoms with Crippen LogP contribution in [0.25, 0.3) is 0 Å². The van der Waals surface area contributed by atoms with Gasteiger partial charge >= 0.3 is 5.97 Å². The summed E-state index contributed by atoms with van der Waals surface area (Å²) >= 11 is 3.49. The number of nitrogens with one attached hydrogen (secondary N) is 1. The minimum atomic E-state index is -0.960. The van der Waals surface area contributed by atoms with E-state index in [1.54, 1.807) is 0 Å². The zero-order valence-electron chi connectivity index (χ0n) is 11.7. The quantitative estimate of drug-likeness (QED) is 0.889. The van der Waals surface area contributed by atoms with E-state index in [2.05, 4.69) is 21.2 Å². The highest BCUT2D eigenvalue weighted by molar-refractivity contribution is 9.10. The van der Waals surface area contributed by atoms with E-state index in [-0.39, 0.29) is 0 Å². The van der Waals surface area contributed by atoms with Crippen LogP contribution < -0.4 is 5.32 Å². The molecule has 0 radical (unpaired) electrons. The normalized spacial score (nSPS) is 15.5. The number of rotatable bonds is 3. The standard InChI is InChI=1S/C17H16BrNO2/c1-11-6-7-14(8-15(11)18)19-17(16(20)21)9-12-4-2-3-5-13(12)10-17/h2-8,19H,9-10H2,1H3,(H,20,21). The number of fused-ring (bicyclic) bond motifs is 1. The maximum atomic E-state index is 11.9. The van der Waals surface area contributed by atoms with E-state index in [1.807, 2.05) is 49.4 Å². The maximum Gasteiger partial charge on any atom is 0.330 e. The van der Waals surface area contributed by atoms with Crippen molar-refractivity contribution in [2.45, 2.75) is 25.3 Å². The summed E-state index contributed by atoms with van der Waals surface area (Å²) in [6.45, 7) is 2.01. The van der Waals surface area contributed by atoms with Crippen molar-refractivity contribution in [2.24, 2.45) is 0 Å². The van der Waals surface area contributed by atoms with Gasteiger partial charge in [0.15, 0.2) is 0 Å². The Kier molecular flexibility index (Phi) is 3.49. The highest BCUT2D eigenvalue weighted by Gasteiger charge is 2.44. The van der Waals surface area contributed by atoms with Gasteiger partial charge in [-0.1, -0.05) is 46.3 Å². The third-order valence-corrected chi connectivity index (χ3v) is 4.92. The smallest absolute Gasteiger partial charge is 0.330 e. The Balaban J connectivity index is 1.94. The Hall–Kier alpha value is -1.81. The van der Waals surface area contributed by atoms with Crippen LogP contribution in [-0.2, 0) is 17.6 Å². The summed E-state index contributed by atoms with van der Waals surface area (Å²) in [7, 11) is 0. The number of hydrogen-bond donors (Lipinski definition) is 2. The van der Waals surface area contributed by atoms with Crippen LogP contribution in [-0.4, -0.2) is 16.6 Å². The molecule has 0 saturated carbocycles. The van der Waals surface area contributed by atoms with Crippen LogP contribution in [0.1, 0.15) is 16.7 Å². The topological polar surface area (TPSA) is 49.3 Å². The van der Waals surface area contributed by atoms with Gasteiger partial charge in [0.25, 0.3) is 0 Å². The Morgan fingerprint density at radius 3 is 2.33 bits per heavy atom. The predicted molar refractivity (Wildman–Crippen MR) is 86.7 cm³/mol. The molecule has 1 aliphatic rings. The molecule has 0 unspecified atom stereocenters. The second kappa shape index (κ2) is 5.19. The van der Waals surface area contributed by atoms with Crippen molar-refractivity contribution in [2.75, 3.05) is 5.32 Å². The van der Waals surface area contributed by atoms with Crippen molar-refractivity contribution >= 4 is 27.6 Å². The van der Waals surface area contributed by atoms with Gasteiger partial charge in [-0.3, -0.25) is 0 Å². The third-order valence-electron chi connectivity index (χ3n) is 4.07. The highest BCUT2D eigenvalue weighted by Crippen LogP contribution is 2.34. The number of hydrogen-bond acceptors (Lipinski definition) is 2. The number of carboxylic acid groups (broad SMARTS) is 1. The second-order valence-electron chi connectivity index (χ2n) is 5.60. The fourth-order valence-electron chi connectivity index (χ4n) is 2.86. The molecule has 2 aromatic carbocycles. The lowest BCUT2D eigenvalue weighted by Crippen LogP contribution is -2.47. The van der Waals surface area contributed by atoms with E-state index in [9.17, 15) is 9.90 Å². The van der Waals surface area contributed by atoms with Gasteiger partial charge in [-0.25, -0.2) is 4.79 Å². The van der Waals surface area contributed by atoms with Crippen LogP contribution in [0, 0.1) is 6.92 Å². The van der Waals surface area contributed by atoms with Crippen molar-refractivity contribution in [1.82, 2.24) is 0 Å². The summed E-state index contributed by atoms with van der Waals surface area (Å²) in [6.07, 6.45) is 1.01. The molecule has 4 heteroatoms. The van der Waals surface area contributed by atoms with Gasteiger partial charge in [0.2, 0.25) is 0 Å². The Bertz CT molecular complexity index is 687. The van der Waals surface area contributed by atoms with Crippen LogP contribution in [0.2, 0.25) is 0 Å². The first-order valence-electron chi connectivity index (χ1n) is 6.85. The minimum absolute atomic E-state index is 0.504. The molecule has 0 atom stereocenters. The lowest BCUT2D eigenvalue weighted by Gasteiger charge is -2.27. The average molecular weight is 346 g/mol. The van der Waals surface area contributed by atoms with Gasteiger partial charge < -0.3 is 10.4 Å². The molecule has 3 nitrogen and oxygen atoms in total. The molecule has 3 rings (SSSR count). The molecule has 0 spiro atoms. The number of aryl methyl sites for hydroxylation is 1. The van der Waals surface area contributed by atoms with Gasteiger partial charge in [0.05, 0.1) is 0 Å². The van der Waals surface area contributed by atoms with Gasteiger partial charge in [0.1, 0.15) is 5.54 Å². The number of aliphatic carboxylic acids is 1. The highest BCUT2D eigenvalue weighted by atomic mass is 79.9. The van der Waals surface area contributed by atoms with Crippen LogP contribution in [0.15, 0.2) is 46.9 Å². The van der Waals surface area contributed by atoms with Crippen LogP contribution in [0.5, 0.6) is 0 Å². The summed E-state index contributed by atoms with van der Waals surface area (Å²) in [5, 5.41) is 13.0. The molecule has 0 amide bonds. The zero-order valence-corrected chi connectivity index (χ0v) is 13.3. The van der Waals surface area contributed by atoms with Crippen molar-refractivity contribution in [3.63, 3.8) is 0 Å². The first kappa shape index (κ1) is 14.1. The number of anilines is 1. The number of benzene rings is 2. The first-order valence-corrected chi connectivity index (χ1v) is 7.64. The first-order chi connectivity index (χ1) is 10.00. The summed E-state index contributed by atoms with van der Waals surface area (Å²) in [4.78, 5) is 11.9. The molecule has 21 heavy (non-hydrogen) atoms. The molecule has 2 aromatic rings. The fourth-order valence-corrected chi connectivity index (χ4v) is 3.23. The summed E-state index contributed by atoms with van der Waals surface area (Å²) < 4.78 is 0.976. The molecule has 0 saturated heterocycles. The van der Waals surface area contributed by atoms with Crippen molar-refractivity contribution < 1.29 is 9.90 Å². The average Bonchev–Trinajstić information content (AvgIpc) is 2.82. The van der Waals surface area contributed by atoms with Crippen LogP contribution in [0.4, 0.5) is 5.69 Å². The fraction of sp³-hybridized carbons (Fsp3) is 0.235. The number of halogens is 1. The molecule has 0 aliphatic heterocycles. The van der Waals surface area contributed by atoms with Crippen molar-refractivity contribution in [3.8, 4) is 0 Å². The van der Waals surface area contributed by atoms with Gasteiger partial charge in [-0.2, -0.15) is 0 Å². The van der Waals surface area contributed by atoms with Gasteiger partial charge in [-0.05, 0) is 35.7 Å². The van der Waals surface area contributed by atoms with E-state index < -0.39 is 11.5 Å². The molecule has 2 N–H and O–H groups in total. The molecule has 108 valence electrons. The maximum absolute atomic E-state index is 11.9. The second-order valence-corrected chi connectivity index (χ2v) is 6.45. The van der Waals surface area contributed by atoms with E-state index in [0.717, 1.165) is 26.9 Å². The van der Waals surface area contributed by atoms with Gasteiger partial charge in [-0.15, -0.1) is 0 Å². The van der Waals surface area contributed by atoms with Crippen molar-refractivity contribution in [1.29, 1.82) is 0 Å². The lowest BCUT2D eigenvalue weighted by atomic mass is 9.95.